The minimum atomic E-state index is -4.06. The fourth-order valence-electron chi connectivity index (χ4n) is 2.04. The molecule has 0 spiro atoms. The first-order valence-electron chi connectivity index (χ1n) is 5.84. The summed E-state index contributed by atoms with van der Waals surface area (Å²) >= 11 is 3.39. The smallest absolute Gasteiger partial charge is 0.342 e. The molecule has 6 nitrogen and oxygen atoms in total. The highest BCUT2D eigenvalue weighted by Crippen LogP contribution is 2.26. The quantitative estimate of drug-likeness (QED) is 0.723. The highest BCUT2D eigenvalue weighted by atomic mass is 79.9. The first kappa shape index (κ1) is 13.9. The van der Waals surface area contributed by atoms with Crippen LogP contribution in [0.2, 0.25) is 0 Å². The van der Waals surface area contributed by atoms with Crippen molar-refractivity contribution in [1.29, 1.82) is 0 Å². The van der Waals surface area contributed by atoms with Crippen LogP contribution in [-0.4, -0.2) is 22.5 Å². The van der Waals surface area contributed by atoms with E-state index in [2.05, 4.69) is 15.9 Å². The zero-order valence-corrected chi connectivity index (χ0v) is 12.8. The largest absolute Gasteiger partial charge is 0.493 e. The third-order valence-corrected chi connectivity index (χ3v) is 5.36. The van der Waals surface area contributed by atoms with Crippen LogP contribution in [0, 0.1) is 0 Å². The van der Waals surface area contributed by atoms with Gasteiger partial charge >= 0.3 is 5.69 Å². The van der Waals surface area contributed by atoms with Crippen molar-refractivity contribution in [2.24, 2.45) is 0 Å². The lowest BCUT2D eigenvalue weighted by atomic mass is 10.1. The van der Waals surface area contributed by atoms with Gasteiger partial charge in [0.1, 0.15) is 0 Å². The number of rotatable bonds is 2. The Bertz CT molecular complexity index is 1000. The minimum absolute atomic E-state index is 0.0331. The molecule has 0 aliphatic heterocycles. The lowest BCUT2D eigenvalue weighted by Gasteiger charge is -2.06. The van der Waals surface area contributed by atoms with Crippen LogP contribution in [0.5, 0.6) is 5.88 Å². The second-order valence-corrected chi connectivity index (χ2v) is 7.04. The van der Waals surface area contributed by atoms with Crippen LogP contribution in [0.25, 0.3) is 10.8 Å². The maximum Gasteiger partial charge on any atom is 0.342 e. The molecule has 0 atom stereocenters. The number of hydrogen-bond donors (Lipinski definition) is 2. The molecule has 2 aromatic carbocycles. The third-order valence-electron chi connectivity index (χ3n) is 3.03. The van der Waals surface area contributed by atoms with E-state index in [9.17, 15) is 18.3 Å². The summed E-state index contributed by atoms with van der Waals surface area (Å²) in [5.41, 5.74) is -0.915. The maximum absolute atomic E-state index is 12.4. The molecule has 3 aromatic rings. The zero-order valence-electron chi connectivity index (χ0n) is 10.4. The molecule has 0 aliphatic rings. The predicted octanol–water partition coefficient (Wildman–Crippen LogP) is 2.03. The van der Waals surface area contributed by atoms with Crippen LogP contribution in [0.3, 0.4) is 0 Å². The molecular formula is C13H9BrN2O4S. The number of imidazole rings is 1. The van der Waals surface area contributed by atoms with Crippen molar-refractivity contribution < 1.29 is 13.5 Å². The molecule has 0 unspecified atom stereocenters. The molecule has 0 saturated heterocycles. The Kier molecular flexibility index (Phi) is 3.14. The van der Waals surface area contributed by atoms with Gasteiger partial charge in [0.15, 0.2) is 0 Å². The fourth-order valence-corrected chi connectivity index (χ4v) is 3.80. The summed E-state index contributed by atoms with van der Waals surface area (Å²) in [5.74, 6) is -0.507. The lowest BCUT2D eigenvalue weighted by Crippen LogP contribution is -2.24. The molecule has 2 N–H and O–H groups in total. The summed E-state index contributed by atoms with van der Waals surface area (Å²) in [7, 11) is -4.06. The van der Waals surface area contributed by atoms with Crippen molar-refractivity contribution in [2.75, 3.05) is 0 Å². The van der Waals surface area contributed by atoms with E-state index in [0.717, 1.165) is 21.4 Å². The fraction of sp³-hybridized carbons (Fsp3) is 0. The summed E-state index contributed by atoms with van der Waals surface area (Å²) < 4.78 is 26.2. The number of H-pyrrole nitrogens is 1. The second kappa shape index (κ2) is 4.74. The summed E-state index contributed by atoms with van der Waals surface area (Å²) in [6.07, 6.45) is 0.836. The lowest BCUT2D eigenvalue weighted by molar-refractivity contribution is 0.455. The van der Waals surface area contributed by atoms with Gasteiger partial charge in [0.2, 0.25) is 5.88 Å². The average Bonchev–Trinajstić information content (AvgIpc) is 2.78. The van der Waals surface area contributed by atoms with E-state index in [-0.39, 0.29) is 4.90 Å². The van der Waals surface area contributed by atoms with Crippen molar-refractivity contribution in [3.63, 3.8) is 0 Å². The molecule has 0 aliphatic carbocycles. The van der Waals surface area contributed by atoms with Gasteiger partial charge in [-0.25, -0.2) is 13.2 Å². The Labute approximate surface area is 127 Å². The second-order valence-electron chi connectivity index (χ2n) is 4.37. The van der Waals surface area contributed by atoms with E-state index < -0.39 is 21.6 Å². The summed E-state index contributed by atoms with van der Waals surface area (Å²) in [6.45, 7) is 0. The maximum atomic E-state index is 12.4. The van der Waals surface area contributed by atoms with E-state index >= 15 is 0 Å². The normalized spacial score (nSPS) is 11.9. The van der Waals surface area contributed by atoms with Gasteiger partial charge in [0, 0.05) is 4.47 Å². The first-order chi connectivity index (χ1) is 9.89. The molecule has 3 rings (SSSR count). The molecule has 0 radical (unpaired) electrons. The number of aromatic nitrogens is 2. The number of aromatic amines is 1. The Morgan fingerprint density at radius 2 is 1.95 bits per heavy atom. The van der Waals surface area contributed by atoms with Crippen LogP contribution in [0.4, 0.5) is 0 Å². The molecule has 0 amide bonds. The number of nitrogens with one attached hydrogen (secondary N) is 1. The number of hydrogen-bond acceptors (Lipinski definition) is 4. The Morgan fingerprint density at radius 3 is 2.62 bits per heavy atom. The van der Waals surface area contributed by atoms with E-state index in [1.165, 1.54) is 12.1 Å². The van der Waals surface area contributed by atoms with Crippen molar-refractivity contribution >= 4 is 36.7 Å². The van der Waals surface area contributed by atoms with Gasteiger partial charge in [-0.15, -0.1) is 0 Å². The van der Waals surface area contributed by atoms with Crippen molar-refractivity contribution in [2.45, 2.75) is 4.90 Å². The van der Waals surface area contributed by atoms with Crippen LogP contribution >= 0.6 is 15.9 Å². The molecule has 0 saturated carbocycles. The van der Waals surface area contributed by atoms with Crippen LogP contribution in [0.15, 0.2) is 56.8 Å². The van der Waals surface area contributed by atoms with E-state index in [1.807, 2.05) is 11.1 Å². The molecular weight excluding hydrogens is 360 g/mol. The Morgan fingerprint density at radius 1 is 1.19 bits per heavy atom. The topological polar surface area (TPSA) is 92.2 Å². The molecule has 0 bridgehead atoms. The van der Waals surface area contributed by atoms with Crippen LogP contribution in [-0.2, 0) is 10.0 Å². The van der Waals surface area contributed by atoms with Gasteiger partial charge in [-0.3, -0.25) is 4.98 Å². The highest BCUT2D eigenvalue weighted by molar-refractivity contribution is 9.10. The molecule has 1 heterocycles. The molecule has 8 heteroatoms. The van der Waals surface area contributed by atoms with E-state index in [1.54, 1.807) is 18.2 Å². The standard InChI is InChI=1S/C13H9BrN2O4S/c14-11-3-1-2-8-6-9(4-5-10(8)11)21(19,20)16-7-12(17)15-13(16)18/h1-7,17H,(H,15,18). The number of aromatic hydroxyl groups is 1. The summed E-state index contributed by atoms with van der Waals surface area (Å²) in [5, 5.41) is 10.8. The highest BCUT2D eigenvalue weighted by Gasteiger charge is 2.20. The molecule has 1 aromatic heterocycles. The summed E-state index contributed by atoms with van der Waals surface area (Å²) in [6, 6.07) is 9.97. The van der Waals surface area contributed by atoms with Gasteiger partial charge in [0.05, 0.1) is 11.1 Å². The van der Waals surface area contributed by atoms with Gasteiger partial charge in [-0.2, -0.15) is 3.97 Å². The van der Waals surface area contributed by atoms with Crippen molar-refractivity contribution in [1.82, 2.24) is 8.96 Å². The number of fused-ring (bicyclic) bond motifs is 1. The van der Waals surface area contributed by atoms with Gasteiger partial charge in [0.25, 0.3) is 10.0 Å². The average molecular weight is 369 g/mol. The van der Waals surface area contributed by atoms with Crippen LogP contribution < -0.4 is 5.69 Å². The number of benzene rings is 2. The monoisotopic (exact) mass is 368 g/mol. The Hall–Kier alpha value is -2.06. The number of nitrogens with zero attached hydrogens (tertiary/aromatic N) is 1. The van der Waals surface area contributed by atoms with Gasteiger partial charge in [-0.1, -0.05) is 34.1 Å². The van der Waals surface area contributed by atoms with Gasteiger partial charge < -0.3 is 5.11 Å². The molecule has 21 heavy (non-hydrogen) atoms. The molecule has 108 valence electrons. The minimum Gasteiger partial charge on any atom is -0.493 e. The van der Waals surface area contributed by atoms with E-state index in [0.29, 0.717) is 3.97 Å². The molecule has 0 fully saturated rings. The Balaban J connectivity index is 2.24. The summed E-state index contributed by atoms with van der Waals surface area (Å²) in [4.78, 5) is 13.5. The van der Waals surface area contributed by atoms with Crippen molar-refractivity contribution in [3.8, 4) is 5.88 Å². The third kappa shape index (κ3) is 2.26. The SMILES string of the molecule is O=c1[nH]c(O)cn1S(=O)(=O)c1ccc2c(Br)cccc2c1. The van der Waals surface area contributed by atoms with Gasteiger partial charge in [-0.05, 0) is 29.0 Å². The van der Waals surface area contributed by atoms with Crippen molar-refractivity contribution in [3.05, 3.63) is 57.6 Å². The number of halogens is 1. The zero-order chi connectivity index (χ0) is 15.2. The predicted molar refractivity (Wildman–Crippen MR) is 80.9 cm³/mol. The first-order valence-corrected chi connectivity index (χ1v) is 8.07. The van der Waals surface area contributed by atoms with Crippen LogP contribution in [0.1, 0.15) is 0 Å². The van der Waals surface area contributed by atoms with E-state index in [4.69, 9.17) is 0 Å².